The number of carbonyl (C=O) groups excluding carboxylic acids is 2. The van der Waals surface area contributed by atoms with E-state index >= 15 is 0 Å². The predicted molar refractivity (Wildman–Crippen MR) is 95.4 cm³/mol. The van der Waals surface area contributed by atoms with E-state index in [9.17, 15) is 9.59 Å². The molecule has 2 aromatic rings. The zero-order valence-corrected chi connectivity index (χ0v) is 15.0. The minimum Gasteiger partial charge on any atom is -0.449 e. The van der Waals surface area contributed by atoms with Gasteiger partial charge in [0.05, 0.1) is 12.1 Å². The standard InChI is InChI=1S/C18H22N2O3S/c1-5-8-19-17(21)14(4)23-18(22)16-10-12(2)20(13(16)3)11-15-7-6-9-24-15/h5-7,9-10,14H,1,8,11H2,2-4H3,(H,19,21)/t14-/m1/s1. The van der Waals surface area contributed by atoms with Crippen LogP contribution in [0, 0.1) is 13.8 Å². The first kappa shape index (κ1) is 18.0. The Hall–Kier alpha value is -2.34. The van der Waals surface area contributed by atoms with Crippen LogP contribution in [0.25, 0.3) is 0 Å². The van der Waals surface area contributed by atoms with Crippen LogP contribution in [-0.2, 0) is 16.1 Å². The first-order chi connectivity index (χ1) is 11.4. The summed E-state index contributed by atoms with van der Waals surface area (Å²) in [7, 11) is 0. The highest BCUT2D eigenvalue weighted by Gasteiger charge is 2.22. The molecule has 0 aliphatic carbocycles. The zero-order chi connectivity index (χ0) is 17.7. The zero-order valence-electron chi connectivity index (χ0n) is 14.2. The first-order valence-corrected chi connectivity index (χ1v) is 8.60. The van der Waals surface area contributed by atoms with Gasteiger partial charge in [0, 0.05) is 22.8 Å². The highest BCUT2D eigenvalue weighted by atomic mass is 32.1. The number of thiophene rings is 1. The SMILES string of the molecule is C=CCNC(=O)[C@@H](C)OC(=O)c1cc(C)n(Cc2cccs2)c1C. The number of carbonyl (C=O) groups is 2. The maximum absolute atomic E-state index is 12.4. The lowest BCUT2D eigenvalue weighted by molar-refractivity contribution is -0.128. The third kappa shape index (κ3) is 4.14. The van der Waals surface area contributed by atoms with Crippen LogP contribution in [0.2, 0.25) is 0 Å². The Bertz CT molecular complexity index is 732. The van der Waals surface area contributed by atoms with E-state index < -0.39 is 12.1 Å². The van der Waals surface area contributed by atoms with Crippen molar-refractivity contribution in [2.75, 3.05) is 6.54 Å². The summed E-state index contributed by atoms with van der Waals surface area (Å²) >= 11 is 1.68. The summed E-state index contributed by atoms with van der Waals surface area (Å²) in [5.41, 5.74) is 2.31. The van der Waals surface area contributed by atoms with Crippen molar-refractivity contribution in [1.29, 1.82) is 0 Å². The Morgan fingerprint density at radius 2 is 2.21 bits per heavy atom. The predicted octanol–water partition coefficient (Wildman–Crippen LogP) is 3.06. The number of hydrogen-bond acceptors (Lipinski definition) is 4. The molecule has 0 unspecified atom stereocenters. The maximum Gasteiger partial charge on any atom is 0.340 e. The number of nitrogens with zero attached hydrogens (tertiary/aromatic N) is 1. The molecule has 2 rings (SSSR count). The lowest BCUT2D eigenvalue weighted by atomic mass is 10.2. The van der Waals surface area contributed by atoms with Gasteiger partial charge in [-0.15, -0.1) is 17.9 Å². The molecule has 0 aromatic carbocycles. The lowest BCUT2D eigenvalue weighted by Gasteiger charge is -2.13. The molecular weight excluding hydrogens is 324 g/mol. The van der Waals surface area contributed by atoms with Crippen LogP contribution in [-0.4, -0.2) is 29.1 Å². The van der Waals surface area contributed by atoms with Gasteiger partial charge in [0.25, 0.3) is 5.91 Å². The number of nitrogens with one attached hydrogen (secondary N) is 1. The molecule has 5 nitrogen and oxygen atoms in total. The summed E-state index contributed by atoms with van der Waals surface area (Å²) in [6, 6.07) is 5.88. The fourth-order valence-corrected chi connectivity index (χ4v) is 3.10. The van der Waals surface area contributed by atoms with E-state index in [-0.39, 0.29) is 5.91 Å². The minimum absolute atomic E-state index is 0.337. The van der Waals surface area contributed by atoms with E-state index in [1.165, 1.54) is 4.88 Å². The molecule has 0 spiro atoms. The number of amides is 1. The van der Waals surface area contributed by atoms with E-state index in [1.54, 1.807) is 30.4 Å². The van der Waals surface area contributed by atoms with Crippen molar-refractivity contribution in [3.8, 4) is 0 Å². The van der Waals surface area contributed by atoms with E-state index in [1.807, 2.05) is 25.3 Å². The normalized spacial score (nSPS) is 11.8. The highest BCUT2D eigenvalue weighted by Crippen LogP contribution is 2.20. The van der Waals surface area contributed by atoms with Crippen LogP contribution >= 0.6 is 11.3 Å². The average Bonchev–Trinajstić information content (AvgIpc) is 3.16. The van der Waals surface area contributed by atoms with Crippen molar-refractivity contribution in [3.63, 3.8) is 0 Å². The van der Waals surface area contributed by atoms with Crippen molar-refractivity contribution in [1.82, 2.24) is 9.88 Å². The molecule has 0 aliphatic heterocycles. The molecule has 0 radical (unpaired) electrons. The van der Waals surface area contributed by atoms with Crippen molar-refractivity contribution < 1.29 is 14.3 Å². The summed E-state index contributed by atoms with van der Waals surface area (Å²) in [6.45, 7) is 10.00. The number of aryl methyl sites for hydroxylation is 1. The van der Waals surface area contributed by atoms with Gasteiger partial charge in [-0.1, -0.05) is 12.1 Å². The number of esters is 1. The Morgan fingerprint density at radius 3 is 2.83 bits per heavy atom. The van der Waals surface area contributed by atoms with Crippen LogP contribution in [0.5, 0.6) is 0 Å². The van der Waals surface area contributed by atoms with Gasteiger partial charge in [-0.25, -0.2) is 4.79 Å². The molecule has 2 heterocycles. The summed E-state index contributed by atoms with van der Waals surface area (Å²) in [5, 5.41) is 4.64. The van der Waals surface area contributed by atoms with Gasteiger partial charge < -0.3 is 14.6 Å². The second-order valence-corrected chi connectivity index (χ2v) is 6.56. The van der Waals surface area contributed by atoms with E-state index in [4.69, 9.17) is 4.74 Å². The van der Waals surface area contributed by atoms with Gasteiger partial charge in [-0.3, -0.25) is 4.79 Å². The van der Waals surface area contributed by atoms with Gasteiger partial charge in [0.15, 0.2) is 6.10 Å². The minimum atomic E-state index is -0.849. The second kappa shape index (κ2) is 7.97. The third-order valence-electron chi connectivity index (χ3n) is 3.76. The first-order valence-electron chi connectivity index (χ1n) is 7.72. The molecule has 6 heteroatoms. The number of hydrogen-bond donors (Lipinski definition) is 1. The van der Waals surface area contributed by atoms with Crippen molar-refractivity contribution in [2.24, 2.45) is 0 Å². The van der Waals surface area contributed by atoms with Crippen LogP contribution < -0.4 is 5.32 Å². The Morgan fingerprint density at radius 1 is 1.46 bits per heavy atom. The van der Waals surface area contributed by atoms with Gasteiger partial charge in [-0.05, 0) is 38.3 Å². The van der Waals surface area contributed by atoms with Crippen LogP contribution in [0.15, 0.2) is 36.2 Å². The summed E-state index contributed by atoms with van der Waals surface area (Å²) in [4.78, 5) is 25.4. The molecule has 1 N–H and O–H groups in total. The fraction of sp³-hybridized carbons (Fsp3) is 0.333. The van der Waals surface area contributed by atoms with Crippen LogP contribution in [0.4, 0.5) is 0 Å². The maximum atomic E-state index is 12.4. The molecule has 24 heavy (non-hydrogen) atoms. The van der Waals surface area contributed by atoms with Gasteiger partial charge >= 0.3 is 5.97 Å². The van der Waals surface area contributed by atoms with Crippen molar-refractivity contribution in [3.05, 3.63) is 58.1 Å². The fourth-order valence-electron chi connectivity index (χ4n) is 2.40. The molecule has 1 amide bonds. The molecule has 0 fully saturated rings. The van der Waals surface area contributed by atoms with E-state index in [2.05, 4.69) is 22.5 Å². The smallest absolute Gasteiger partial charge is 0.340 e. The van der Waals surface area contributed by atoms with E-state index in [0.29, 0.717) is 12.1 Å². The second-order valence-electron chi connectivity index (χ2n) is 5.53. The largest absolute Gasteiger partial charge is 0.449 e. The van der Waals surface area contributed by atoms with Gasteiger partial charge in [0.1, 0.15) is 0 Å². The molecule has 128 valence electrons. The summed E-state index contributed by atoms with van der Waals surface area (Å²) in [5.74, 6) is -0.822. The van der Waals surface area contributed by atoms with Gasteiger partial charge in [0.2, 0.25) is 0 Å². The van der Waals surface area contributed by atoms with Crippen molar-refractivity contribution in [2.45, 2.75) is 33.4 Å². The number of rotatable bonds is 7. The lowest BCUT2D eigenvalue weighted by Crippen LogP contribution is -2.35. The molecule has 0 aliphatic rings. The summed E-state index contributed by atoms with van der Waals surface area (Å²) < 4.78 is 7.36. The Kier molecular flexibility index (Phi) is 5.98. The summed E-state index contributed by atoms with van der Waals surface area (Å²) in [6.07, 6.45) is 0.725. The topological polar surface area (TPSA) is 60.3 Å². The van der Waals surface area contributed by atoms with Crippen LogP contribution in [0.1, 0.15) is 33.5 Å². The van der Waals surface area contributed by atoms with Gasteiger partial charge in [-0.2, -0.15) is 0 Å². The quantitative estimate of drug-likeness (QED) is 0.619. The number of aromatic nitrogens is 1. The van der Waals surface area contributed by atoms with Crippen molar-refractivity contribution >= 4 is 23.2 Å². The monoisotopic (exact) mass is 346 g/mol. The molecular formula is C18H22N2O3S. The number of ether oxygens (including phenoxy) is 1. The molecule has 0 saturated carbocycles. The highest BCUT2D eigenvalue weighted by molar-refractivity contribution is 7.09. The molecule has 0 saturated heterocycles. The molecule has 1 atom stereocenters. The molecule has 0 bridgehead atoms. The van der Waals surface area contributed by atoms with Crippen LogP contribution in [0.3, 0.4) is 0 Å². The van der Waals surface area contributed by atoms with E-state index in [0.717, 1.165) is 17.9 Å². The third-order valence-corrected chi connectivity index (χ3v) is 4.62. The average molecular weight is 346 g/mol. The Labute approximate surface area is 145 Å². The molecule has 2 aromatic heterocycles. The Balaban J connectivity index is 2.10.